The van der Waals surface area contributed by atoms with Gasteiger partial charge in [0.2, 0.25) is 5.60 Å². The van der Waals surface area contributed by atoms with E-state index >= 15 is 0 Å². The second-order valence-corrected chi connectivity index (χ2v) is 2.98. The Morgan fingerprint density at radius 2 is 2.00 bits per heavy atom. The lowest BCUT2D eigenvalue weighted by molar-refractivity contribution is -0.206. The van der Waals surface area contributed by atoms with Crippen molar-refractivity contribution in [1.29, 1.82) is 0 Å². The lowest BCUT2D eigenvalue weighted by Gasteiger charge is -2.37. The molecule has 1 aliphatic rings. The predicted octanol–water partition coefficient (Wildman–Crippen LogP) is -0.551. The summed E-state index contributed by atoms with van der Waals surface area (Å²) in [6.07, 6.45) is -0.511. The van der Waals surface area contributed by atoms with Gasteiger partial charge in [-0.15, -0.1) is 11.6 Å². The molecular formula is C6H5ClO6. The quantitative estimate of drug-likeness (QED) is 0.477. The van der Waals surface area contributed by atoms with Crippen LogP contribution in [0.5, 0.6) is 0 Å². The Hall–Kier alpha value is -1.30. The number of rotatable bonds is 3. The molecule has 6 nitrogen and oxygen atoms in total. The van der Waals surface area contributed by atoms with Crippen molar-refractivity contribution in [3.8, 4) is 0 Å². The molecule has 0 unspecified atom stereocenters. The van der Waals surface area contributed by atoms with Crippen molar-refractivity contribution in [3.05, 3.63) is 0 Å². The van der Waals surface area contributed by atoms with Crippen molar-refractivity contribution < 1.29 is 29.3 Å². The summed E-state index contributed by atoms with van der Waals surface area (Å²) in [6.45, 7) is 0. The summed E-state index contributed by atoms with van der Waals surface area (Å²) in [5.74, 6) is -3.85. The first-order valence-electron chi connectivity index (χ1n) is 3.22. The summed E-state index contributed by atoms with van der Waals surface area (Å²) in [5, 5.41) is 15.3. The number of carboxylic acid groups (broad SMARTS) is 2. The summed E-state index contributed by atoms with van der Waals surface area (Å²) in [5.41, 5.74) is -2.09. The van der Waals surface area contributed by atoms with E-state index < -0.39 is 35.3 Å². The molecule has 72 valence electrons. The fraction of sp³-hybridized carbons (Fsp3) is 0.500. The highest BCUT2D eigenvalue weighted by Gasteiger charge is 2.61. The summed E-state index contributed by atoms with van der Waals surface area (Å²) in [4.78, 5) is 31.3. The molecule has 0 aromatic rings. The molecule has 0 bridgehead atoms. The first-order chi connectivity index (χ1) is 5.90. The van der Waals surface area contributed by atoms with Crippen LogP contribution in [-0.4, -0.2) is 39.1 Å². The monoisotopic (exact) mass is 208 g/mol. The molecule has 0 amide bonds. The van der Waals surface area contributed by atoms with Crippen molar-refractivity contribution in [2.75, 3.05) is 0 Å². The number of hydrogen-bond acceptors (Lipinski definition) is 4. The summed E-state index contributed by atoms with van der Waals surface area (Å²) in [7, 11) is 0. The minimum absolute atomic E-state index is 0.511. The lowest BCUT2D eigenvalue weighted by atomic mass is 9.90. The van der Waals surface area contributed by atoms with E-state index in [1.54, 1.807) is 0 Å². The van der Waals surface area contributed by atoms with Crippen molar-refractivity contribution >= 4 is 29.5 Å². The number of carbonyl (C=O) groups is 3. The Morgan fingerprint density at radius 3 is 2.23 bits per heavy atom. The first-order valence-corrected chi connectivity index (χ1v) is 3.66. The SMILES string of the molecule is O=C1C[C@](C(=O)O)([C@H](Cl)C(=O)O)O1. The normalized spacial score (nSPS) is 28.5. The maximum atomic E-state index is 10.6. The van der Waals surface area contributed by atoms with Crippen molar-refractivity contribution in [1.82, 2.24) is 0 Å². The van der Waals surface area contributed by atoms with E-state index in [0.29, 0.717) is 0 Å². The smallest absolute Gasteiger partial charge is 0.351 e. The largest absolute Gasteiger partial charge is 0.480 e. The number of aliphatic carboxylic acids is 2. The van der Waals surface area contributed by atoms with Crippen molar-refractivity contribution in [3.63, 3.8) is 0 Å². The minimum atomic E-state index is -2.09. The predicted molar refractivity (Wildman–Crippen MR) is 38.4 cm³/mol. The molecule has 0 radical (unpaired) electrons. The van der Waals surface area contributed by atoms with Gasteiger partial charge in [-0.25, -0.2) is 4.79 Å². The van der Waals surface area contributed by atoms with E-state index in [1.807, 2.05) is 0 Å². The van der Waals surface area contributed by atoms with Gasteiger partial charge in [-0.05, 0) is 0 Å². The van der Waals surface area contributed by atoms with Gasteiger partial charge in [-0.3, -0.25) is 9.59 Å². The van der Waals surface area contributed by atoms with Crippen LogP contribution in [0.15, 0.2) is 0 Å². The fourth-order valence-electron chi connectivity index (χ4n) is 0.978. The van der Waals surface area contributed by atoms with E-state index in [-0.39, 0.29) is 0 Å². The fourth-order valence-corrected chi connectivity index (χ4v) is 1.19. The van der Waals surface area contributed by atoms with Gasteiger partial charge < -0.3 is 14.9 Å². The highest BCUT2D eigenvalue weighted by molar-refractivity contribution is 6.33. The second-order valence-electron chi connectivity index (χ2n) is 2.55. The summed E-state index contributed by atoms with van der Waals surface area (Å²) in [6, 6.07) is 0. The average molecular weight is 209 g/mol. The van der Waals surface area contributed by atoms with Gasteiger partial charge in [0.05, 0.1) is 6.42 Å². The Morgan fingerprint density at radius 1 is 1.54 bits per heavy atom. The van der Waals surface area contributed by atoms with Crippen molar-refractivity contribution in [2.45, 2.75) is 17.4 Å². The zero-order valence-electron chi connectivity index (χ0n) is 6.19. The molecule has 1 fully saturated rings. The number of carboxylic acids is 2. The molecule has 2 atom stereocenters. The van der Waals surface area contributed by atoms with E-state index in [1.165, 1.54) is 0 Å². The Balaban J connectivity index is 2.88. The van der Waals surface area contributed by atoms with Crippen LogP contribution in [0.2, 0.25) is 0 Å². The van der Waals surface area contributed by atoms with Gasteiger partial charge in [0.25, 0.3) is 0 Å². The van der Waals surface area contributed by atoms with Gasteiger partial charge in [0.15, 0.2) is 5.38 Å². The summed E-state index contributed by atoms with van der Waals surface area (Å²) >= 11 is 5.28. The van der Waals surface area contributed by atoms with Crippen LogP contribution in [-0.2, 0) is 19.1 Å². The van der Waals surface area contributed by atoms with Crippen LogP contribution >= 0.6 is 11.6 Å². The summed E-state index contributed by atoms with van der Waals surface area (Å²) < 4.78 is 4.26. The standard InChI is InChI=1S/C6H5ClO6/c7-3(4(9)10)6(5(11)12)1-2(8)13-6/h3H,1H2,(H,9,10)(H,11,12)/t3-,6-/m1/s1. The molecule has 1 saturated heterocycles. The number of cyclic esters (lactones) is 1. The van der Waals surface area contributed by atoms with E-state index in [9.17, 15) is 14.4 Å². The maximum Gasteiger partial charge on any atom is 0.351 e. The number of halogens is 1. The van der Waals surface area contributed by atoms with Crippen LogP contribution in [0.3, 0.4) is 0 Å². The van der Waals surface area contributed by atoms with Crippen LogP contribution in [0.4, 0.5) is 0 Å². The molecule has 1 aliphatic heterocycles. The number of carbonyl (C=O) groups excluding carboxylic acids is 1. The Bertz CT molecular complexity index is 277. The van der Waals surface area contributed by atoms with E-state index in [4.69, 9.17) is 21.8 Å². The third-order valence-corrected chi connectivity index (χ3v) is 2.23. The molecule has 0 spiro atoms. The van der Waals surface area contributed by atoms with E-state index in [0.717, 1.165) is 0 Å². The molecule has 2 N–H and O–H groups in total. The maximum absolute atomic E-state index is 10.6. The first kappa shape index (κ1) is 9.79. The van der Waals surface area contributed by atoms with E-state index in [2.05, 4.69) is 4.74 Å². The van der Waals surface area contributed by atoms with Gasteiger partial charge in [-0.1, -0.05) is 0 Å². The topological polar surface area (TPSA) is 101 Å². The molecule has 0 aromatic carbocycles. The van der Waals surface area contributed by atoms with Crippen LogP contribution < -0.4 is 0 Å². The Kier molecular flexibility index (Phi) is 2.17. The van der Waals surface area contributed by atoms with Gasteiger partial charge >= 0.3 is 17.9 Å². The molecule has 0 saturated carbocycles. The zero-order valence-corrected chi connectivity index (χ0v) is 6.95. The second kappa shape index (κ2) is 2.88. The third-order valence-electron chi connectivity index (χ3n) is 1.69. The van der Waals surface area contributed by atoms with Crippen molar-refractivity contribution in [2.24, 2.45) is 0 Å². The molecule has 0 aromatic heterocycles. The molecule has 1 heterocycles. The molecule has 1 rings (SSSR count). The number of esters is 1. The third kappa shape index (κ3) is 1.33. The molecular weight excluding hydrogens is 204 g/mol. The van der Waals surface area contributed by atoms with Crippen LogP contribution in [0.25, 0.3) is 0 Å². The van der Waals surface area contributed by atoms with Gasteiger partial charge in [0.1, 0.15) is 0 Å². The lowest BCUT2D eigenvalue weighted by Crippen LogP contribution is -2.61. The number of ether oxygens (including phenoxy) is 1. The van der Waals surface area contributed by atoms with Crippen LogP contribution in [0, 0.1) is 0 Å². The Labute approximate surface area is 77.0 Å². The molecule has 7 heteroatoms. The zero-order chi connectivity index (χ0) is 10.2. The minimum Gasteiger partial charge on any atom is -0.480 e. The van der Waals surface area contributed by atoms with Gasteiger partial charge in [-0.2, -0.15) is 0 Å². The highest BCUT2D eigenvalue weighted by atomic mass is 35.5. The molecule has 0 aliphatic carbocycles. The number of alkyl halides is 1. The molecule has 13 heavy (non-hydrogen) atoms. The van der Waals surface area contributed by atoms with Gasteiger partial charge in [0, 0.05) is 0 Å². The number of hydrogen-bond donors (Lipinski definition) is 2. The van der Waals surface area contributed by atoms with Crippen LogP contribution in [0.1, 0.15) is 6.42 Å². The average Bonchev–Trinajstić information content (AvgIpc) is 1.96. The highest BCUT2D eigenvalue weighted by Crippen LogP contribution is 2.34.